The third kappa shape index (κ3) is 3.49. The number of phenols is 1. The highest BCUT2D eigenvalue weighted by Gasteiger charge is 2.33. The number of phenolic OH excluding ortho intramolecular Hbond substituents is 1. The maximum absolute atomic E-state index is 11.3. The Morgan fingerprint density at radius 1 is 1.00 bits per heavy atom. The van der Waals surface area contributed by atoms with Crippen LogP contribution < -0.4 is 0 Å². The molecule has 1 fully saturated rings. The van der Waals surface area contributed by atoms with Crippen LogP contribution in [0.4, 0.5) is 0 Å². The molecular formula is C25H31BrO. The Morgan fingerprint density at radius 3 is 2.07 bits per heavy atom. The molecule has 27 heavy (non-hydrogen) atoms. The minimum absolute atomic E-state index is 0.262. The van der Waals surface area contributed by atoms with E-state index in [1.807, 2.05) is 6.08 Å². The van der Waals surface area contributed by atoms with E-state index in [1.165, 1.54) is 40.7 Å². The minimum Gasteiger partial charge on any atom is -0.507 e. The SMILES string of the molecule is C=Cc1cc(C(C)C)c(C2CC2)c(-c2c(C)c(Br)cc(C(C)C)c2O)c1C. The quantitative estimate of drug-likeness (QED) is 0.510. The Bertz CT molecular complexity index is 902. The van der Waals surface area contributed by atoms with E-state index < -0.39 is 0 Å². The number of hydrogen-bond acceptors (Lipinski definition) is 1. The summed E-state index contributed by atoms with van der Waals surface area (Å²) in [5, 5.41) is 11.3. The normalized spacial score (nSPS) is 14.3. The predicted molar refractivity (Wildman–Crippen MR) is 121 cm³/mol. The summed E-state index contributed by atoms with van der Waals surface area (Å²) >= 11 is 3.75. The molecule has 0 aromatic heterocycles. The van der Waals surface area contributed by atoms with Crippen LogP contribution in [0.25, 0.3) is 17.2 Å². The summed E-state index contributed by atoms with van der Waals surface area (Å²) < 4.78 is 1.07. The molecule has 2 aromatic carbocycles. The van der Waals surface area contributed by atoms with Crippen LogP contribution in [0.15, 0.2) is 23.2 Å². The Labute approximate surface area is 172 Å². The van der Waals surface area contributed by atoms with Gasteiger partial charge < -0.3 is 5.11 Å². The van der Waals surface area contributed by atoms with E-state index in [0.29, 0.717) is 17.6 Å². The topological polar surface area (TPSA) is 20.2 Å². The number of halogens is 1. The van der Waals surface area contributed by atoms with Crippen LogP contribution in [0.3, 0.4) is 0 Å². The van der Waals surface area contributed by atoms with Gasteiger partial charge in [-0.2, -0.15) is 0 Å². The van der Waals surface area contributed by atoms with Crippen LogP contribution in [-0.4, -0.2) is 5.11 Å². The van der Waals surface area contributed by atoms with Crippen molar-refractivity contribution in [2.75, 3.05) is 0 Å². The highest BCUT2D eigenvalue weighted by atomic mass is 79.9. The first kappa shape index (κ1) is 20.2. The summed E-state index contributed by atoms with van der Waals surface area (Å²) in [5.41, 5.74) is 9.58. The van der Waals surface area contributed by atoms with Gasteiger partial charge in [0.15, 0.2) is 0 Å². The van der Waals surface area contributed by atoms with Crippen molar-refractivity contribution < 1.29 is 5.11 Å². The van der Waals surface area contributed by atoms with Gasteiger partial charge in [0.05, 0.1) is 0 Å². The smallest absolute Gasteiger partial charge is 0.127 e. The van der Waals surface area contributed by atoms with Gasteiger partial charge in [0.2, 0.25) is 0 Å². The molecule has 144 valence electrons. The molecule has 0 heterocycles. The summed E-state index contributed by atoms with van der Waals surface area (Å²) in [6, 6.07) is 4.39. The van der Waals surface area contributed by atoms with E-state index in [2.05, 4.69) is 76.2 Å². The standard InChI is InChI=1S/C25H31BrO/c1-8-17-11-19(13(2)3)24(18-9-10-18)22(15(17)6)23-16(7)21(26)12-20(14(4)5)25(23)27/h8,11-14,18,27H,1,9-10H2,2-7H3. The Balaban J connectivity index is 2.48. The zero-order valence-electron chi connectivity index (χ0n) is 17.4. The summed E-state index contributed by atoms with van der Waals surface area (Å²) in [7, 11) is 0. The molecule has 3 rings (SSSR count). The summed E-state index contributed by atoms with van der Waals surface area (Å²) in [5.74, 6) is 1.75. The maximum atomic E-state index is 11.3. The van der Waals surface area contributed by atoms with Gasteiger partial charge in [-0.3, -0.25) is 0 Å². The number of aromatic hydroxyl groups is 1. The molecule has 0 bridgehead atoms. The van der Waals surface area contributed by atoms with E-state index in [4.69, 9.17) is 0 Å². The van der Waals surface area contributed by atoms with Gasteiger partial charge >= 0.3 is 0 Å². The molecular weight excluding hydrogens is 396 g/mol. The first-order valence-corrected chi connectivity index (χ1v) is 10.8. The molecule has 1 nitrogen and oxygen atoms in total. The van der Waals surface area contributed by atoms with Crippen LogP contribution in [0, 0.1) is 13.8 Å². The lowest BCUT2D eigenvalue weighted by atomic mass is 9.80. The third-order valence-electron chi connectivity index (χ3n) is 5.92. The zero-order chi connectivity index (χ0) is 20.0. The lowest BCUT2D eigenvalue weighted by Gasteiger charge is -2.25. The van der Waals surface area contributed by atoms with Gasteiger partial charge in [-0.1, -0.05) is 62.3 Å². The average Bonchev–Trinajstić information content (AvgIpc) is 3.43. The van der Waals surface area contributed by atoms with E-state index >= 15 is 0 Å². The highest BCUT2D eigenvalue weighted by Crippen LogP contribution is 2.53. The Morgan fingerprint density at radius 2 is 1.59 bits per heavy atom. The monoisotopic (exact) mass is 426 g/mol. The highest BCUT2D eigenvalue weighted by molar-refractivity contribution is 9.10. The molecule has 0 radical (unpaired) electrons. The molecule has 2 heteroatoms. The van der Waals surface area contributed by atoms with Crippen molar-refractivity contribution in [2.45, 2.75) is 72.1 Å². The first-order valence-electron chi connectivity index (χ1n) is 10.0. The molecule has 1 saturated carbocycles. The average molecular weight is 427 g/mol. The fraction of sp³-hybridized carbons (Fsp3) is 0.440. The maximum Gasteiger partial charge on any atom is 0.127 e. The molecule has 0 unspecified atom stereocenters. The van der Waals surface area contributed by atoms with Gasteiger partial charge in [0.1, 0.15) is 5.75 Å². The lowest BCUT2D eigenvalue weighted by molar-refractivity contribution is 0.466. The van der Waals surface area contributed by atoms with Gasteiger partial charge in [0.25, 0.3) is 0 Å². The van der Waals surface area contributed by atoms with Crippen molar-refractivity contribution >= 4 is 22.0 Å². The number of hydrogen-bond donors (Lipinski definition) is 1. The van der Waals surface area contributed by atoms with Crippen LogP contribution in [-0.2, 0) is 0 Å². The van der Waals surface area contributed by atoms with Crippen LogP contribution in [0.1, 0.15) is 91.7 Å². The van der Waals surface area contributed by atoms with Gasteiger partial charge in [-0.25, -0.2) is 0 Å². The molecule has 0 spiro atoms. The molecule has 1 aliphatic rings. The summed E-state index contributed by atoms with van der Waals surface area (Å²) in [6.45, 7) is 17.1. The Kier molecular flexibility index (Phi) is 5.59. The zero-order valence-corrected chi connectivity index (χ0v) is 19.0. The van der Waals surface area contributed by atoms with Crippen molar-refractivity contribution in [1.82, 2.24) is 0 Å². The van der Waals surface area contributed by atoms with Crippen LogP contribution >= 0.6 is 15.9 Å². The van der Waals surface area contributed by atoms with Crippen molar-refractivity contribution in [3.63, 3.8) is 0 Å². The van der Waals surface area contributed by atoms with E-state index in [-0.39, 0.29) is 5.92 Å². The van der Waals surface area contributed by atoms with Crippen molar-refractivity contribution in [2.24, 2.45) is 0 Å². The molecule has 1 N–H and O–H groups in total. The van der Waals surface area contributed by atoms with Gasteiger partial charge in [-0.15, -0.1) is 0 Å². The molecule has 1 aliphatic carbocycles. The summed E-state index contributed by atoms with van der Waals surface area (Å²) in [6.07, 6.45) is 4.43. The first-order chi connectivity index (χ1) is 12.7. The molecule has 2 aromatic rings. The minimum atomic E-state index is 0.262. The van der Waals surface area contributed by atoms with Crippen molar-refractivity contribution in [3.8, 4) is 16.9 Å². The van der Waals surface area contributed by atoms with E-state index in [9.17, 15) is 5.11 Å². The van der Waals surface area contributed by atoms with Crippen LogP contribution in [0.2, 0.25) is 0 Å². The van der Waals surface area contributed by atoms with Gasteiger partial charge in [0, 0.05) is 10.0 Å². The largest absolute Gasteiger partial charge is 0.507 e. The fourth-order valence-corrected chi connectivity index (χ4v) is 4.61. The fourth-order valence-electron chi connectivity index (χ4n) is 4.17. The van der Waals surface area contributed by atoms with Crippen molar-refractivity contribution in [1.29, 1.82) is 0 Å². The third-order valence-corrected chi connectivity index (χ3v) is 6.75. The second-order valence-corrected chi connectivity index (χ2v) is 9.41. The second-order valence-electron chi connectivity index (χ2n) is 8.55. The van der Waals surface area contributed by atoms with E-state index in [1.54, 1.807) is 0 Å². The number of benzene rings is 2. The van der Waals surface area contributed by atoms with E-state index in [0.717, 1.165) is 21.2 Å². The summed E-state index contributed by atoms with van der Waals surface area (Å²) in [4.78, 5) is 0. The Hall–Kier alpha value is -1.54. The lowest BCUT2D eigenvalue weighted by Crippen LogP contribution is -2.05. The second kappa shape index (κ2) is 7.47. The predicted octanol–water partition coefficient (Wildman–Crippen LogP) is 8.21. The molecule has 0 amide bonds. The van der Waals surface area contributed by atoms with Gasteiger partial charge in [-0.05, 0) is 89.5 Å². The molecule has 0 saturated heterocycles. The van der Waals surface area contributed by atoms with Crippen LogP contribution in [0.5, 0.6) is 5.75 Å². The molecule has 0 atom stereocenters. The van der Waals surface area contributed by atoms with Crippen molar-refractivity contribution in [3.05, 3.63) is 56.6 Å². The molecule has 0 aliphatic heterocycles. The number of rotatable bonds is 5.